The number of hydrogen-bond donors (Lipinski definition) is 1. The highest BCUT2D eigenvalue weighted by Gasteiger charge is 2.25. The quantitative estimate of drug-likeness (QED) is 0.807. The standard InChI is InChI=1S/C13H17NO5/c1-8(15)14-12(13(16)19-4)10-6-5-9(17-2)7-11(10)18-3/h5-7,12H,1-4H3,(H,14,15). The summed E-state index contributed by atoms with van der Waals surface area (Å²) in [5, 5.41) is 2.52. The second kappa shape index (κ2) is 6.63. The Bertz CT molecular complexity index is 472. The predicted molar refractivity (Wildman–Crippen MR) is 68.1 cm³/mol. The van der Waals surface area contributed by atoms with Crippen LogP contribution >= 0.6 is 0 Å². The highest BCUT2D eigenvalue weighted by Crippen LogP contribution is 2.30. The first kappa shape index (κ1) is 14.8. The van der Waals surface area contributed by atoms with Crippen LogP contribution in [0.15, 0.2) is 18.2 Å². The van der Waals surface area contributed by atoms with Gasteiger partial charge in [0.15, 0.2) is 6.04 Å². The van der Waals surface area contributed by atoms with Crippen molar-refractivity contribution < 1.29 is 23.8 Å². The minimum atomic E-state index is -0.914. The monoisotopic (exact) mass is 267 g/mol. The van der Waals surface area contributed by atoms with Crippen LogP contribution < -0.4 is 14.8 Å². The van der Waals surface area contributed by atoms with Crippen molar-refractivity contribution in [3.05, 3.63) is 23.8 Å². The van der Waals surface area contributed by atoms with E-state index in [0.717, 1.165) is 0 Å². The summed E-state index contributed by atoms with van der Waals surface area (Å²) in [6, 6.07) is 4.04. The molecule has 6 heteroatoms. The van der Waals surface area contributed by atoms with Gasteiger partial charge in [-0.2, -0.15) is 0 Å². The molecule has 19 heavy (non-hydrogen) atoms. The smallest absolute Gasteiger partial charge is 0.333 e. The Morgan fingerprint density at radius 3 is 2.32 bits per heavy atom. The van der Waals surface area contributed by atoms with Crippen LogP contribution in [0.4, 0.5) is 0 Å². The fourth-order valence-electron chi connectivity index (χ4n) is 1.64. The molecular formula is C13H17NO5. The lowest BCUT2D eigenvalue weighted by molar-refractivity contribution is -0.145. The van der Waals surface area contributed by atoms with Crippen LogP contribution in [0.25, 0.3) is 0 Å². The Balaban J connectivity index is 3.20. The zero-order valence-electron chi connectivity index (χ0n) is 11.4. The van der Waals surface area contributed by atoms with E-state index in [4.69, 9.17) is 9.47 Å². The summed E-state index contributed by atoms with van der Waals surface area (Å²) in [5.41, 5.74) is 0.505. The number of methoxy groups -OCH3 is 3. The van der Waals surface area contributed by atoms with Crippen molar-refractivity contribution in [1.82, 2.24) is 5.32 Å². The Morgan fingerprint density at radius 2 is 1.84 bits per heavy atom. The van der Waals surface area contributed by atoms with Gasteiger partial charge in [0.2, 0.25) is 5.91 Å². The second-order valence-electron chi connectivity index (χ2n) is 3.76. The topological polar surface area (TPSA) is 73.9 Å². The molecule has 0 aliphatic carbocycles. The normalized spacial score (nSPS) is 11.4. The predicted octanol–water partition coefficient (Wildman–Crippen LogP) is 1.05. The van der Waals surface area contributed by atoms with Crippen LogP contribution in [-0.4, -0.2) is 33.2 Å². The van der Waals surface area contributed by atoms with Gasteiger partial charge < -0.3 is 19.5 Å². The molecule has 1 aromatic carbocycles. The average molecular weight is 267 g/mol. The van der Waals surface area contributed by atoms with Crippen molar-refractivity contribution in [2.24, 2.45) is 0 Å². The average Bonchev–Trinajstić information content (AvgIpc) is 2.43. The van der Waals surface area contributed by atoms with Gasteiger partial charge in [0.25, 0.3) is 0 Å². The van der Waals surface area contributed by atoms with Gasteiger partial charge in [0.1, 0.15) is 11.5 Å². The van der Waals surface area contributed by atoms with E-state index in [1.807, 2.05) is 0 Å². The maximum atomic E-state index is 11.7. The molecule has 1 amide bonds. The molecule has 0 spiro atoms. The van der Waals surface area contributed by atoms with Gasteiger partial charge in [-0.25, -0.2) is 4.79 Å². The van der Waals surface area contributed by atoms with E-state index >= 15 is 0 Å². The molecule has 0 aliphatic heterocycles. The maximum absolute atomic E-state index is 11.7. The third-order valence-electron chi connectivity index (χ3n) is 2.54. The molecule has 0 fully saturated rings. The Kier molecular flexibility index (Phi) is 5.17. The third kappa shape index (κ3) is 3.61. The first-order valence-electron chi connectivity index (χ1n) is 5.60. The van der Waals surface area contributed by atoms with Crippen molar-refractivity contribution in [3.8, 4) is 11.5 Å². The summed E-state index contributed by atoms with van der Waals surface area (Å²) in [7, 11) is 4.26. The van der Waals surface area contributed by atoms with Gasteiger partial charge in [-0.3, -0.25) is 4.79 Å². The van der Waals surface area contributed by atoms with E-state index < -0.39 is 12.0 Å². The SMILES string of the molecule is COC(=O)C(NC(C)=O)c1ccc(OC)cc1OC. The number of carbonyl (C=O) groups excluding carboxylic acids is 2. The molecule has 0 radical (unpaired) electrons. The summed E-state index contributed by atoms with van der Waals surface area (Å²) >= 11 is 0. The Morgan fingerprint density at radius 1 is 1.16 bits per heavy atom. The van der Waals surface area contributed by atoms with Crippen molar-refractivity contribution in [2.45, 2.75) is 13.0 Å². The molecule has 0 aromatic heterocycles. The Labute approximate surface area is 111 Å². The lowest BCUT2D eigenvalue weighted by atomic mass is 10.1. The number of hydrogen-bond acceptors (Lipinski definition) is 5. The minimum Gasteiger partial charge on any atom is -0.497 e. The third-order valence-corrected chi connectivity index (χ3v) is 2.54. The van der Waals surface area contributed by atoms with Gasteiger partial charge in [-0.15, -0.1) is 0 Å². The number of ether oxygens (including phenoxy) is 3. The molecule has 0 heterocycles. The molecule has 1 unspecified atom stereocenters. The molecule has 0 saturated carbocycles. The molecule has 0 bridgehead atoms. The largest absolute Gasteiger partial charge is 0.497 e. The van der Waals surface area contributed by atoms with Crippen LogP contribution in [0.3, 0.4) is 0 Å². The van der Waals surface area contributed by atoms with E-state index in [-0.39, 0.29) is 5.91 Å². The number of amides is 1. The number of nitrogens with one attached hydrogen (secondary N) is 1. The van der Waals surface area contributed by atoms with Gasteiger partial charge in [-0.05, 0) is 12.1 Å². The van der Waals surface area contributed by atoms with E-state index in [9.17, 15) is 9.59 Å². The molecule has 104 valence electrons. The number of esters is 1. The molecule has 1 atom stereocenters. The number of rotatable bonds is 5. The molecule has 0 saturated heterocycles. The van der Waals surface area contributed by atoms with Crippen LogP contribution in [0.1, 0.15) is 18.5 Å². The number of carbonyl (C=O) groups is 2. The van der Waals surface area contributed by atoms with E-state index in [1.54, 1.807) is 18.2 Å². The molecule has 6 nitrogen and oxygen atoms in total. The first-order chi connectivity index (χ1) is 9.03. The highest BCUT2D eigenvalue weighted by atomic mass is 16.5. The molecule has 1 N–H and O–H groups in total. The van der Waals surface area contributed by atoms with Gasteiger partial charge in [0.05, 0.1) is 21.3 Å². The van der Waals surface area contributed by atoms with E-state index in [2.05, 4.69) is 10.1 Å². The number of benzene rings is 1. The fraction of sp³-hybridized carbons (Fsp3) is 0.385. The summed E-state index contributed by atoms with van der Waals surface area (Å²) in [4.78, 5) is 22.9. The summed E-state index contributed by atoms with van der Waals surface area (Å²) in [6.07, 6.45) is 0. The zero-order valence-corrected chi connectivity index (χ0v) is 11.4. The fourth-order valence-corrected chi connectivity index (χ4v) is 1.64. The lowest BCUT2D eigenvalue weighted by Gasteiger charge is -2.19. The van der Waals surface area contributed by atoms with Crippen molar-refractivity contribution in [1.29, 1.82) is 0 Å². The first-order valence-corrected chi connectivity index (χ1v) is 5.60. The van der Waals surface area contributed by atoms with Crippen LogP contribution in [0, 0.1) is 0 Å². The molecular weight excluding hydrogens is 250 g/mol. The summed E-state index contributed by atoms with van der Waals surface area (Å²) in [5.74, 6) is 0.113. The van der Waals surface area contributed by atoms with Gasteiger partial charge in [-0.1, -0.05) is 0 Å². The summed E-state index contributed by atoms with van der Waals surface area (Å²) in [6.45, 7) is 1.33. The second-order valence-corrected chi connectivity index (χ2v) is 3.76. The van der Waals surface area contributed by atoms with Crippen molar-refractivity contribution in [2.75, 3.05) is 21.3 Å². The maximum Gasteiger partial charge on any atom is 0.333 e. The van der Waals surface area contributed by atoms with Crippen molar-refractivity contribution in [3.63, 3.8) is 0 Å². The lowest BCUT2D eigenvalue weighted by Crippen LogP contribution is -2.33. The van der Waals surface area contributed by atoms with Crippen LogP contribution in [0.5, 0.6) is 11.5 Å². The molecule has 1 aromatic rings. The molecule has 0 aliphatic rings. The zero-order chi connectivity index (χ0) is 14.4. The molecule has 1 rings (SSSR count). The van der Waals surface area contributed by atoms with Crippen LogP contribution in [0.2, 0.25) is 0 Å². The van der Waals surface area contributed by atoms with E-state index in [0.29, 0.717) is 17.1 Å². The minimum absolute atomic E-state index is 0.340. The van der Waals surface area contributed by atoms with Crippen LogP contribution in [-0.2, 0) is 14.3 Å². The summed E-state index contributed by atoms with van der Waals surface area (Å²) < 4.78 is 15.0. The Hall–Kier alpha value is -2.24. The van der Waals surface area contributed by atoms with Gasteiger partial charge in [0, 0.05) is 18.6 Å². The highest BCUT2D eigenvalue weighted by molar-refractivity contribution is 5.85. The van der Waals surface area contributed by atoms with E-state index in [1.165, 1.54) is 28.3 Å². The van der Waals surface area contributed by atoms with Crippen molar-refractivity contribution >= 4 is 11.9 Å². The van der Waals surface area contributed by atoms with Gasteiger partial charge >= 0.3 is 5.97 Å².